The lowest BCUT2D eigenvalue weighted by Crippen LogP contribution is -2.44. The number of halogens is 3. The standard InChI is InChI=1S/C23H20F3N5O2S/c1-16-5-6-19-18(12-16)20(13-21(29-19)23(24,25)26)31-10-8-30(9-11-31)15-17(14-27)34(32,33)22-4-2-3-7-28-22/h2-7,12-13,15H,8-11H2,1H3. The van der Waals surface area contributed by atoms with Gasteiger partial charge in [0, 0.05) is 49.6 Å². The van der Waals surface area contributed by atoms with Crippen LogP contribution in [0, 0.1) is 18.3 Å². The zero-order valence-corrected chi connectivity index (χ0v) is 18.9. The summed E-state index contributed by atoms with van der Waals surface area (Å²) < 4.78 is 65.8. The fraction of sp³-hybridized carbons (Fsp3) is 0.261. The summed E-state index contributed by atoms with van der Waals surface area (Å²) in [7, 11) is -4.07. The Balaban J connectivity index is 1.61. The van der Waals surface area contributed by atoms with Gasteiger partial charge in [-0.1, -0.05) is 17.7 Å². The number of rotatable bonds is 4. The maximum Gasteiger partial charge on any atom is 0.433 e. The highest BCUT2D eigenvalue weighted by Crippen LogP contribution is 2.35. The molecule has 0 bridgehead atoms. The van der Waals surface area contributed by atoms with Gasteiger partial charge in [-0.3, -0.25) is 0 Å². The molecular weight excluding hydrogens is 467 g/mol. The Bertz CT molecular complexity index is 1390. The number of aryl methyl sites for hydroxylation is 1. The van der Waals surface area contributed by atoms with Crippen molar-refractivity contribution in [3.63, 3.8) is 0 Å². The Hall–Kier alpha value is -3.65. The fourth-order valence-electron chi connectivity index (χ4n) is 3.76. The van der Waals surface area contributed by atoms with Gasteiger partial charge in [-0.15, -0.1) is 0 Å². The van der Waals surface area contributed by atoms with Crippen LogP contribution in [0.2, 0.25) is 0 Å². The summed E-state index contributed by atoms with van der Waals surface area (Å²) in [5, 5.41) is 9.85. The highest BCUT2D eigenvalue weighted by molar-refractivity contribution is 7.95. The van der Waals surface area contributed by atoms with Gasteiger partial charge >= 0.3 is 6.18 Å². The number of hydrogen-bond acceptors (Lipinski definition) is 7. The molecular formula is C23H20F3N5O2S. The number of sulfone groups is 1. The molecule has 1 fully saturated rings. The number of hydrogen-bond donors (Lipinski definition) is 0. The van der Waals surface area contributed by atoms with Crippen LogP contribution in [-0.4, -0.2) is 49.5 Å². The van der Waals surface area contributed by atoms with Crippen molar-refractivity contribution in [2.75, 3.05) is 31.1 Å². The van der Waals surface area contributed by atoms with E-state index < -0.39 is 26.6 Å². The lowest BCUT2D eigenvalue weighted by atomic mass is 10.1. The lowest BCUT2D eigenvalue weighted by molar-refractivity contribution is -0.140. The van der Waals surface area contributed by atoms with E-state index in [1.165, 1.54) is 24.5 Å². The molecule has 0 spiro atoms. The lowest BCUT2D eigenvalue weighted by Gasteiger charge is -2.36. The number of aromatic nitrogens is 2. The van der Waals surface area contributed by atoms with Crippen LogP contribution in [0.5, 0.6) is 0 Å². The summed E-state index contributed by atoms with van der Waals surface area (Å²) in [6.45, 7) is 3.17. The van der Waals surface area contributed by atoms with Crippen LogP contribution in [0.15, 0.2) is 64.8 Å². The van der Waals surface area contributed by atoms with Gasteiger partial charge in [0.2, 0.25) is 9.84 Å². The Morgan fingerprint density at radius 3 is 2.47 bits per heavy atom. The molecule has 0 unspecified atom stereocenters. The molecule has 34 heavy (non-hydrogen) atoms. The van der Waals surface area contributed by atoms with Gasteiger partial charge in [0.25, 0.3) is 0 Å². The molecule has 2 aromatic heterocycles. The minimum Gasteiger partial charge on any atom is -0.372 e. The normalized spacial score (nSPS) is 15.4. The topological polar surface area (TPSA) is 90.2 Å². The number of pyridine rings is 2. The maximum atomic E-state index is 13.4. The van der Waals surface area contributed by atoms with E-state index in [4.69, 9.17) is 0 Å². The molecule has 1 aliphatic rings. The number of fused-ring (bicyclic) bond motifs is 1. The van der Waals surface area contributed by atoms with Crippen molar-refractivity contribution >= 4 is 26.4 Å². The van der Waals surface area contributed by atoms with E-state index in [-0.39, 0.29) is 10.5 Å². The first-order chi connectivity index (χ1) is 16.1. The van der Waals surface area contributed by atoms with Crippen LogP contribution in [0.25, 0.3) is 10.9 Å². The SMILES string of the molecule is Cc1ccc2nc(C(F)(F)F)cc(N3CCN(C=C(C#N)S(=O)(=O)c4ccccn4)CC3)c2c1. The molecule has 3 heterocycles. The van der Waals surface area contributed by atoms with Crippen molar-refractivity contribution in [2.24, 2.45) is 0 Å². The summed E-state index contributed by atoms with van der Waals surface area (Å²) in [5.41, 5.74) is 0.613. The van der Waals surface area contributed by atoms with Crippen LogP contribution in [0.4, 0.5) is 18.9 Å². The molecule has 3 aromatic rings. The maximum absolute atomic E-state index is 13.4. The summed E-state index contributed by atoms with van der Waals surface area (Å²) in [4.78, 5) is 10.7. The number of alkyl halides is 3. The molecule has 1 aromatic carbocycles. The molecule has 4 rings (SSSR count). The Morgan fingerprint density at radius 1 is 1.12 bits per heavy atom. The van der Waals surface area contributed by atoms with Gasteiger partial charge in [-0.05, 0) is 37.3 Å². The number of benzene rings is 1. The zero-order chi connectivity index (χ0) is 24.5. The van der Waals surface area contributed by atoms with Gasteiger partial charge in [-0.25, -0.2) is 18.4 Å². The molecule has 1 aliphatic heterocycles. The van der Waals surface area contributed by atoms with E-state index in [0.29, 0.717) is 37.3 Å². The van der Waals surface area contributed by atoms with E-state index >= 15 is 0 Å². The first kappa shape index (κ1) is 23.5. The molecule has 0 amide bonds. The van der Waals surface area contributed by atoms with Crippen molar-refractivity contribution < 1.29 is 21.6 Å². The van der Waals surface area contributed by atoms with Crippen LogP contribution >= 0.6 is 0 Å². The quantitative estimate of drug-likeness (QED) is 0.516. The second-order valence-electron chi connectivity index (χ2n) is 7.84. The third kappa shape index (κ3) is 4.68. The van der Waals surface area contributed by atoms with E-state index in [9.17, 15) is 26.9 Å². The second-order valence-corrected chi connectivity index (χ2v) is 9.71. The Labute approximate surface area is 194 Å². The van der Waals surface area contributed by atoms with Crippen LogP contribution in [0.3, 0.4) is 0 Å². The Morgan fingerprint density at radius 2 is 1.85 bits per heavy atom. The van der Waals surface area contributed by atoms with Crippen molar-refractivity contribution in [2.45, 2.75) is 18.1 Å². The molecule has 0 atom stereocenters. The molecule has 7 nitrogen and oxygen atoms in total. The third-order valence-corrected chi connectivity index (χ3v) is 7.07. The van der Waals surface area contributed by atoms with E-state index in [1.54, 1.807) is 35.2 Å². The molecule has 11 heteroatoms. The smallest absolute Gasteiger partial charge is 0.372 e. The average Bonchev–Trinajstić information content (AvgIpc) is 2.82. The summed E-state index contributed by atoms with van der Waals surface area (Å²) in [5.74, 6) is 0. The summed E-state index contributed by atoms with van der Waals surface area (Å²) in [6, 6.07) is 12.3. The fourth-order valence-corrected chi connectivity index (χ4v) is 4.85. The highest BCUT2D eigenvalue weighted by Gasteiger charge is 2.34. The molecule has 0 radical (unpaired) electrons. The molecule has 0 saturated carbocycles. The predicted octanol–water partition coefficient (Wildman–Crippen LogP) is 3.92. The molecule has 1 saturated heterocycles. The van der Waals surface area contributed by atoms with Gasteiger partial charge < -0.3 is 9.80 Å². The first-order valence-corrected chi connectivity index (χ1v) is 11.8. The van der Waals surface area contributed by atoms with Crippen molar-refractivity contribution in [1.29, 1.82) is 5.26 Å². The van der Waals surface area contributed by atoms with Gasteiger partial charge in [0.15, 0.2) is 9.93 Å². The summed E-state index contributed by atoms with van der Waals surface area (Å²) in [6.07, 6.45) is -1.98. The second kappa shape index (κ2) is 8.95. The third-order valence-electron chi connectivity index (χ3n) is 5.50. The first-order valence-electron chi connectivity index (χ1n) is 10.4. The average molecular weight is 488 g/mol. The van der Waals surface area contributed by atoms with Crippen molar-refractivity contribution in [3.8, 4) is 6.07 Å². The van der Waals surface area contributed by atoms with E-state index in [1.807, 2.05) is 11.8 Å². The number of anilines is 1. The van der Waals surface area contributed by atoms with Crippen LogP contribution in [-0.2, 0) is 16.0 Å². The van der Waals surface area contributed by atoms with E-state index in [2.05, 4.69) is 9.97 Å². The van der Waals surface area contributed by atoms with Crippen molar-refractivity contribution in [3.05, 3.63) is 71.0 Å². The molecule has 0 N–H and O–H groups in total. The number of piperazine rings is 1. The molecule has 0 aliphatic carbocycles. The van der Waals surface area contributed by atoms with Crippen molar-refractivity contribution in [1.82, 2.24) is 14.9 Å². The monoisotopic (exact) mass is 487 g/mol. The Kier molecular flexibility index (Phi) is 6.18. The zero-order valence-electron chi connectivity index (χ0n) is 18.1. The minimum atomic E-state index is -4.58. The number of allylic oxidation sites excluding steroid dienone is 1. The predicted molar refractivity (Wildman–Crippen MR) is 120 cm³/mol. The largest absolute Gasteiger partial charge is 0.433 e. The van der Waals surface area contributed by atoms with E-state index in [0.717, 1.165) is 11.6 Å². The van der Waals surface area contributed by atoms with Gasteiger partial charge in [-0.2, -0.15) is 18.4 Å². The van der Waals surface area contributed by atoms with Crippen LogP contribution < -0.4 is 4.90 Å². The minimum absolute atomic E-state index is 0.222. The number of nitrogens with zero attached hydrogens (tertiary/aromatic N) is 5. The molecule has 176 valence electrons. The van der Waals surface area contributed by atoms with Crippen LogP contribution in [0.1, 0.15) is 11.3 Å². The summed E-state index contributed by atoms with van der Waals surface area (Å²) >= 11 is 0. The number of nitriles is 1. The van der Waals surface area contributed by atoms with Gasteiger partial charge in [0.1, 0.15) is 11.8 Å². The highest BCUT2D eigenvalue weighted by atomic mass is 32.2. The van der Waals surface area contributed by atoms with Gasteiger partial charge in [0.05, 0.1) is 5.52 Å².